The molecular weight excluding hydrogens is 355 g/mol. The molecule has 27 heavy (non-hydrogen) atoms. The minimum atomic E-state index is -0.278. The number of hydrogen-bond acceptors (Lipinski definition) is 9. The molecule has 0 spiro atoms. The lowest BCUT2D eigenvalue weighted by molar-refractivity contribution is 0.0547. The largest absolute Gasteiger partial charge is 0.467 e. The van der Waals surface area contributed by atoms with Crippen LogP contribution in [0.4, 0.5) is 16.3 Å². The third kappa shape index (κ3) is 8.11. The van der Waals surface area contributed by atoms with E-state index in [1.807, 2.05) is 0 Å². The summed E-state index contributed by atoms with van der Waals surface area (Å²) in [5.74, 6) is 0.441. The summed E-state index contributed by atoms with van der Waals surface area (Å²) in [7, 11) is 1.48. The number of anilines is 2. The Bertz CT molecular complexity index is 674. The first-order valence-corrected chi connectivity index (χ1v) is 8.59. The summed E-state index contributed by atoms with van der Waals surface area (Å²) < 4.78 is 28.7. The van der Waals surface area contributed by atoms with Gasteiger partial charge in [-0.15, -0.1) is 0 Å². The predicted octanol–water partition coefficient (Wildman–Crippen LogP) is 1.04. The molecule has 2 aromatic rings. The van der Waals surface area contributed by atoms with Crippen molar-refractivity contribution in [3.63, 3.8) is 0 Å². The van der Waals surface area contributed by atoms with Gasteiger partial charge in [0.15, 0.2) is 0 Å². The number of aromatic nitrogens is 3. The van der Waals surface area contributed by atoms with Gasteiger partial charge in [0, 0.05) is 19.6 Å². The molecule has 0 aliphatic carbocycles. The molecular formula is C17H25FN6O3. The first kappa shape index (κ1) is 20.7. The third-order valence-electron chi connectivity index (χ3n) is 3.33. The summed E-state index contributed by atoms with van der Waals surface area (Å²) in [6, 6.07) is 6.37. The Morgan fingerprint density at radius 3 is 2.26 bits per heavy atom. The maximum absolute atomic E-state index is 13.0. The SMILES string of the molecule is COc1nc(NCCOCCOCCN)nc(NCc2ccc(F)cc2)n1. The van der Waals surface area contributed by atoms with Crippen LogP contribution in [-0.4, -0.2) is 61.6 Å². The van der Waals surface area contributed by atoms with E-state index in [0.29, 0.717) is 58.0 Å². The van der Waals surface area contributed by atoms with Gasteiger partial charge >= 0.3 is 6.01 Å². The highest BCUT2D eigenvalue weighted by Crippen LogP contribution is 2.12. The lowest BCUT2D eigenvalue weighted by atomic mass is 10.2. The van der Waals surface area contributed by atoms with E-state index in [1.54, 1.807) is 12.1 Å². The Labute approximate surface area is 157 Å². The van der Waals surface area contributed by atoms with Crippen molar-refractivity contribution in [1.82, 2.24) is 15.0 Å². The number of nitrogens with one attached hydrogen (secondary N) is 2. The van der Waals surface area contributed by atoms with Gasteiger partial charge in [-0.2, -0.15) is 15.0 Å². The number of hydrogen-bond donors (Lipinski definition) is 3. The van der Waals surface area contributed by atoms with Crippen LogP contribution in [0.5, 0.6) is 6.01 Å². The monoisotopic (exact) mass is 380 g/mol. The Hall–Kier alpha value is -2.56. The van der Waals surface area contributed by atoms with E-state index in [9.17, 15) is 4.39 Å². The van der Waals surface area contributed by atoms with Crippen LogP contribution in [0, 0.1) is 5.82 Å². The summed E-state index contributed by atoms with van der Waals surface area (Å²) in [6.07, 6.45) is 0. The van der Waals surface area contributed by atoms with Gasteiger partial charge in [-0.1, -0.05) is 12.1 Å². The summed E-state index contributed by atoms with van der Waals surface area (Å²) in [6.45, 7) is 3.46. The number of benzene rings is 1. The first-order chi connectivity index (χ1) is 13.2. The molecule has 0 aliphatic rings. The lowest BCUT2D eigenvalue weighted by Gasteiger charge is -2.10. The van der Waals surface area contributed by atoms with Crippen LogP contribution in [0.25, 0.3) is 0 Å². The van der Waals surface area contributed by atoms with Crippen LogP contribution in [0.3, 0.4) is 0 Å². The molecule has 1 aromatic heterocycles. The van der Waals surface area contributed by atoms with Gasteiger partial charge < -0.3 is 30.6 Å². The Balaban J connectivity index is 1.78. The Morgan fingerprint density at radius 2 is 1.59 bits per heavy atom. The van der Waals surface area contributed by atoms with Crippen LogP contribution in [0.2, 0.25) is 0 Å². The number of nitrogens with two attached hydrogens (primary N) is 1. The number of nitrogens with zero attached hydrogens (tertiary/aromatic N) is 3. The zero-order valence-electron chi connectivity index (χ0n) is 15.3. The van der Waals surface area contributed by atoms with Crippen molar-refractivity contribution in [3.8, 4) is 6.01 Å². The van der Waals surface area contributed by atoms with Crippen molar-refractivity contribution in [3.05, 3.63) is 35.6 Å². The molecule has 9 nitrogen and oxygen atoms in total. The second-order valence-corrected chi connectivity index (χ2v) is 5.39. The standard InChI is InChI=1S/C17H25FN6O3/c1-25-17-23-15(20-7-9-27-11-10-26-8-6-19)22-16(24-17)21-12-13-2-4-14(18)5-3-13/h2-5H,6-12,19H2,1H3,(H2,20,21,22,23,24). The summed E-state index contributed by atoms with van der Waals surface area (Å²) in [5, 5.41) is 6.11. The highest BCUT2D eigenvalue weighted by molar-refractivity contribution is 5.36. The summed E-state index contributed by atoms with van der Waals surface area (Å²) >= 11 is 0. The van der Waals surface area contributed by atoms with E-state index in [1.165, 1.54) is 19.2 Å². The van der Waals surface area contributed by atoms with E-state index in [2.05, 4.69) is 25.6 Å². The first-order valence-electron chi connectivity index (χ1n) is 8.59. The molecule has 148 valence electrons. The molecule has 0 radical (unpaired) electrons. The molecule has 0 bridgehead atoms. The molecule has 10 heteroatoms. The van der Waals surface area contributed by atoms with Gasteiger partial charge in [-0.3, -0.25) is 0 Å². The maximum atomic E-state index is 13.0. The normalized spacial score (nSPS) is 10.6. The fraction of sp³-hybridized carbons (Fsp3) is 0.471. The van der Waals surface area contributed by atoms with Crippen molar-refractivity contribution in [2.75, 3.05) is 57.3 Å². The maximum Gasteiger partial charge on any atom is 0.322 e. The van der Waals surface area contributed by atoms with Crippen LogP contribution < -0.4 is 21.1 Å². The van der Waals surface area contributed by atoms with Gasteiger partial charge in [0.05, 0.1) is 33.5 Å². The highest BCUT2D eigenvalue weighted by Gasteiger charge is 2.06. The van der Waals surface area contributed by atoms with Crippen molar-refractivity contribution in [2.45, 2.75) is 6.54 Å². The van der Waals surface area contributed by atoms with Crippen molar-refractivity contribution in [2.24, 2.45) is 5.73 Å². The topological polar surface area (TPSA) is 116 Å². The van der Waals surface area contributed by atoms with Crippen molar-refractivity contribution >= 4 is 11.9 Å². The fourth-order valence-electron chi connectivity index (χ4n) is 2.03. The molecule has 0 fully saturated rings. The average Bonchev–Trinajstić information content (AvgIpc) is 2.69. The number of ether oxygens (including phenoxy) is 3. The minimum absolute atomic E-state index is 0.185. The third-order valence-corrected chi connectivity index (χ3v) is 3.33. The number of rotatable bonds is 13. The molecule has 0 saturated heterocycles. The molecule has 1 aromatic carbocycles. The molecule has 0 saturated carbocycles. The van der Waals surface area contributed by atoms with Crippen molar-refractivity contribution < 1.29 is 18.6 Å². The minimum Gasteiger partial charge on any atom is -0.467 e. The molecule has 0 atom stereocenters. The molecule has 2 rings (SSSR count). The molecule has 0 unspecified atom stereocenters. The van der Waals surface area contributed by atoms with Crippen LogP contribution in [0.1, 0.15) is 5.56 Å². The quantitative estimate of drug-likeness (QED) is 0.438. The summed E-state index contributed by atoms with van der Waals surface area (Å²) in [4.78, 5) is 12.6. The second kappa shape index (κ2) is 11.9. The van der Waals surface area contributed by atoms with E-state index in [0.717, 1.165) is 5.56 Å². The molecule has 4 N–H and O–H groups in total. The van der Waals surface area contributed by atoms with Gasteiger partial charge in [-0.05, 0) is 17.7 Å². The fourth-order valence-corrected chi connectivity index (χ4v) is 2.03. The van der Waals surface area contributed by atoms with E-state index < -0.39 is 0 Å². The zero-order chi connectivity index (χ0) is 19.3. The van der Waals surface area contributed by atoms with E-state index in [-0.39, 0.29) is 11.8 Å². The average molecular weight is 380 g/mol. The lowest BCUT2D eigenvalue weighted by Crippen LogP contribution is -2.16. The van der Waals surface area contributed by atoms with E-state index >= 15 is 0 Å². The smallest absolute Gasteiger partial charge is 0.322 e. The Kier molecular flexibility index (Phi) is 9.18. The van der Waals surface area contributed by atoms with Crippen LogP contribution >= 0.6 is 0 Å². The van der Waals surface area contributed by atoms with Gasteiger partial charge in [0.2, 0.25) is 11.9 Å². The summed E-state index contributed by atoms with van der Waals surface area (Å²) in [5.41, 5.74) is 6.23. The van der Waals surface area contributed by atoms with Gasteiger partial charge in [0.25, 0.3) is 0 Å². The highest BCUT2D eigenvalue weighted by atomic mass is 19.1. The van der Waals surface area contributed by atoms with E-state index in [4.69, 9.17) is 19.9 Å². The molecule has 1 heterocycles. The van der Waals surface area contributed by atoms with Gasteiger partial charge in [0.1, 0.15) is 5.82 Å². The molecule has 0 aliphatic heterocycles. The van der Waals surface area contributed by atoms with Crippen LogP contribution in [0.15, 0.2) is 24.3 Å². The second-order valence-electron chi connectivity index (χ2n) is 5.39. The number of methoxy groups -OCH3 is 1. The van der Waals surface area contributed by atoms with Crippen LogP contribution in [-0.2, 0) is 16.0 Å². The number of halogens is 1. The Morgan fingerprint density at radius 1 is 0.926 bits per heavy atom. The van der Waals surface area contributed by atoms with Gasteiger partial charge in [-0.25, -0.2) is 4.39 Å². The zero-order valence-corrected chi connectivity index (χ0v) is 15.3. The molecule has 0 amide bonds. The van der Waals surface area contributed by atoms with Crippen molar-refractivity contribution in [1.29, 1.82) is 0 Å². The predicted molar refractivity (Wildman–Crippen MR) is 99.3 cm³/mol.